The molecule has 0 saturated carbocycles. The largest absolute Gasteiger partial charge is 0.497 e. The number of allylic oxidation sites excluding steroid dienone is 1. The number of carbonyl (C=O) groups excluding carboxylic acids is 1. The van der Waals surface area contributed by atoms with Crippen LogP contribution in [0.25, 0.3) is 0 Å². The fourth-order valence-corrected chi connectivity index (χ4v) is 6.18. The quantitative estimate of drug-likeness (QED) is 0.238. The Balaban J connectivity index is 1.72. The van der Waals surface area contributed by atoms with E-state index in [0.717, 1.165) is 28.9 Å². The molecule has 0 spiro atoms. The number of piperidine rings is 1. The fraction of sp³-hybridized carbons (Fsp3) is 0.364. The zero-order valence-electron chi connectivity index (χ0n) is 23.0. The Morgan fingerprint density at radius 3 is 2.41 bits per heavy atom. The Morgan fingerprint density at radius 1 is 1.08 bits per heavy atom. The van der Waals surface area contributed by atoms with Crippen LogP contribution in [0.2, 0.25) is 10.0 Å². The van der Waals surface area contributed by atoms with Crippen LogP contribution in [0.5, 0.6) is 5.75 Å². The number of hydrogen-bond donors (Lipinski definition) is 1. The van der Waals surface area contributed by atoms with Gasteiger partial charge in [0.15, 0.2) is 0 Å². The number of likely N-dealkylation sites (tertiary alicyclic amines) is 1. The Kier molecular flexibility index (Phi) is 9.76. The summed E-state index contributed by atoms with van der Waals surface area (Å²) in [5, 5.41) is 4.99. The predicted octanol–water partition coefficient (Wildman–Crippen LogP) is 8.21. The average molecular weight is 566 g/mol. The van der Waals surface area contributed by atoms with E-state index in [2.05, 4.69) is 61.0 Å². The highest BCUT2D eigenvalue weighted by atomic mass is 35.5. The van der Waals surface area contributed by atoms with Crippen molar-refractivity contribution in [3.05, 3.63) is 112 Å². The standard InChI is InChI=1S/C33H38Cl2N2O2/c1-5-18-33(3)20-30(25-8-7-9-27(35)19-25)31(24-12-14-26(34)15-13-24)37(32(33)38)28(6-2)22-36-21-23-10-16-29(39-4)17-11-23/h5,7-17,19,28,30-31,36H,1,6,18,20-22H2,2-4H3/t28-,30?,31?,33?/m0/s1. The number of carbonyl (C=O) groups is 1. The summed E-state index contributed by atoms with van der Waals surface area (Å²) < 4.78 is 5.29. The third-order valence-corrected chi connectivity index (χ3v) is 8.41. The van der Waals surface area contributed by atoms with E-state index in [4.69, 9.17) is 27.9 Å². The van der Waals surface area contributed by atoms with E-state index < -0.39 is 5.41 Å². The van der Waals surface area contributed by atoms with Crippen LogP contribution in [0.15, 0.2) is 85.5 Å². The van der Waals surface area contributed by atoms with E-state index >= 15 is 0 Å². The molecule has 1 saturated heterocycles. The maximum absolute atomic E-state index is 14.4. The smallest absolute Gasteiger partial charge is 0.229 e. The van der Waals surface area contributed by atoms with E-state index in [1.807, 2.05) is 48.5 Å². The van der Waals surface area contributed by atoms with Crippen LogP contribution in [-0.4, -0.2) is 30.5 Å². The molecule has 0 bridgehead atoms. The van der Waals surface area contributed by atoms with Gasteiger partial charge >= 0.3 is 0 Å². The molecule has 39 heavy (non-hydrogen) atoms. The van der Waals surface area contributed by atoms with Gasteiger partial charge in [-0.25, -0.2) is 0 Å². The van der Waals surface area contributed by atoms with Crippen molar-refractivity contribution in [3.63, 3.8) is 0 Å². The summed E-state index contributed by atoms with van der Waals surface area (Å²) in [6.07, 6.45) is 4.01. The van der Waals surface area contributed by atoms with E-state index in [-0.39, 0.29) is 23.9 Å². The maximum atomic E-state index is 14.4. The normalized spacial score (nSPS) is 22.0. The summed E-state index contributed by atoms with van der Waals surface area (Å²) in [5.74, 6) is 1.06. The number of amides is 1. The van der Waals surface area contributed by atoms with Gasteiger partial charge in [-0.1, -0.05) is 79.5 Å². The molecule has 1 fully saturated rings. The van der Waals surface area contributed by atoms with E-state index in [0.29, 0.717) is 36.0 Å². The zero-order valence-corrected chi connectivity index (χ0v) is 24.5. The lowest BCUT2D eigenvalue weighted by Crippen LogP contribution is -2.57. The van der Waals surface area contributed by atoms with Crippen molar-refractivity contribution < 1.29 is 9.53 Å². The third kappa shape index (κ3) is 6.69. The second-order valence-electron chi connectivity index (χ2n) is 10.7. The van der Waals surface area contributed by atoms with Crippen LogP contribution >= 0.6 is 23.2 Å². The number of nitrogens with zero attached hydrogens (tertiary/aromatic N) is 1. The molecular weight excluding hydrogens is 527 g/mol. The zero-order chi connectivity index (χ0) is 28.0. The molecule has 206 valence electrons. The summed E-state index contributed by atoms with van der Waals surface area (Å²) in [7, 11) is 1.67. The van der Waals surface area contributed by atoms with Crippen LogP contribution in [0, 0.1) is 5.41 Å². The molecule has 0 aromatic heterocycles. The molecule has 6 heteroatoms. The van der Waals surface area contributed by atoms with Gasteiger partial charge in [0.05, 0.1) is 18.6 Å². The van der Waals surface area contributed by atoms with Crippen molar-refractivity contribution in [3.8, 4) is 5.75 Å². The second-order valence-corrected chi connectivity index (χ2v) is 11.5. The minimum absolute atomic E-state index is 0.0115. The SMILES string of the molecule is C=CCC1(C)CC(c2cccc(Cl)c2)C(c2ccc(Cl)cc2)N([C@@H](CC)CNCc2ccc(OC)cc2)C1=O. The van der Waals surface area contributed by atoms with Gasteiger partial charge in [0, 0.05) is 35.1 Å². The van der Waals surface area contributed by atoms with Gasteiger partial charge in [-0.2, -0.15) is 0 Å². The summed E-state index contributed by atoms with van der Waals surface area (Å²) in [6, 6.07) is 23.9. The Labute approximate surface area is 243 Å². The predicted molar refractivity (Wildman–Crippen MR) is 162 cm³/mol. The van der Waals surface area contributed by atoms with Crippen LogP contribution in [0.1, 0.15) is 61.8 Å². The van der Waals surface area contributed by atoms with Crippen molar-refractivity contribution in [2.24, 2.45) is 5.41 Å². The first-order chi connectivity index (χ1) is 18.8. The Hall–Kier alpha value is -2.79. The van der Waals surface area contributed by atoms with Crippen LogP contribution in [-0.2, 0) is 11.3 Å². The highest BCUT2D eigenvalue weighted by Crippen LogP contribution is 2.52. The number of methoxy groups -OCH3 is 1. The third-order valence-electron chi connectivity index (χ3n) is 7.92. The molecule has 4 rings (SSSR count). The molecule has 0 radical (unpaired) electrons. The monoisotopic (exact) mass is 564 g/mol. The highest BCUT2D eigenvalue weighted by molar-refractivity contribution is 6.30. The van der Waals surface area contributed by atoms with E-state index in [1.165, 1.54) is 0 Å². The number of hydrogen-bond acceptors (Lipinski definition) is 3. The molecule has 1 heterocycles. The molecule has 3 unspecified atom stereocenters. The molecule has 3 aromatic rings. The molecule has 4 atom stereocenters. The molecule has 3 aromatic carbocycles. The van der Waals surface area contributed by atoms with Crippen molar-refractivity contribution >= 4 is 29.1 Å². The lowest BCUT2D eigenvalue weighted by atomic mass is 9.67. The molecular formula is C33H38Cl2N2O2. The first kappa shape index (κ1) is 29.2. The van der Waals surface area contributed by atoms with Gasteiger partial charge in [-0.05, 0) is 72.4 Å². The van der Waals surface area contributed by atoms with E-state index in [1.54, 1.807) is 7.11 Å². The minimum atomic E-state index is -0.568. The molecule has 1 aliphatic rings. The van der Waals surface area contributed by atoms with Crippen LogP contribution in [0.4, 0.5) is 0 Å². The minimum Gasteiger partial charge on any atom is -0.497 e. The van der Waals surface area contributed by atoms with Crippen molar-refractivity contribution in [1.29, 1.82) is 0 Å². The molecule has 1 N–H and O–H groups in total. The van der Waals surface area contributed by atoms with E-state index in [9.17, 15) is 4.79 Å². The number of rotatable bonds is 11. The lowest BCUT2D eigenvalue weighted by molar-refractivity contribution is -0.154. The van der Waals surface area contributed by atoms with Gasteiger partial charge in [-0.3, -0.25) is 4.79 Å². The topological polar surface area (TPSA) is 41.6 Å². The second kappa shape index (κ2) is 13.0. The molecule has 4 nitrogen and oxygen atoms in total. The van der Waals surface area contributed by atoms with Gasteiger partial charge in [-0.15, -0.1) is 6.58 Å². The number of nitrogens with one attached hydrogen (secondary N) is 1. The first-order valence-corrected chi connectivity index (χ1v) is 14.3. The summed E-state index contributed by atoms with van der Waals surface area (Å²) in [6.45, 7) is 9.60. The Morgan fingerprint density at radius 2 is 1.79 bits per heavy atom. The average Bonchev–Trinajstić information content (AvgIpc) is 2.94. The fourth-order valence-electron chi connectivity index (χ4n) is 5.85. The van der Waals surface area contributed by atoms with Crippen LogP contribution < -0.4 is 10.1 Å². The molecule has 0 aliphatic carbocycles. The van der Waals surface area contributed by atoms with Gasteiger partial charge < -0.3 is 15.0 Å². The van der Waals surface area contributed by atoms with Gasteiger partial charge in [0.1, 0.15) is 5.75 Å². The summed E-state index contributed by atoms with van der Waals surface area (Å²) in [4.78, 5) is 16.6. The molecule has 1 aliphatic heterocycles. The van der Waals surface area contributed by atoms with Gasteiger partial charge in [0.2, 0.25) is 5.91 Å². The van der Waals surface area contributed by atoms with Gasteiger partial charge in [0.25, 0.3) is 0 Å². The first-order valence-electron chi connectivity index (χ1n) is 13.6. The highest BCUT2D eigenvalue weighted by Gasteiger charge is 2.50. The van der Waals surface area contributed by atoms with Crippen LogP contribution in [0.3, 0.4) is 0 Å². The number of ether oxygens (including phenoxy) is 1. The summed E-state index contributed by atoms with van der Waals surface area (Å²) in [5.41, 5.74) is 2.81. The van der Waals surface area contributed by atoms with Crippen molar-refractivity contribution in [2.45, 2.75) is 57.7 Å². The lowest BCUT2D eigenvalue weighted by Gasteiger charge is -2.52. The summed E-state index contributed by atoms with van der Waals surface area (Å²) >= 11 is 12.8. The molecule has 1 amide bonds. The Bertz CT molecular complexity index is 1260. The number of halogens is 2. The number of benzene rings is 3. The van der Waals surface area contributed by atoms with Crippen molar-refractivity contribution in [2.75, 3.05) is 13.7 Å². The van der Waals surface area contributed by atoms with Crippen molar-refractivity contribution in [1.82, 2.24) is 10.2 Å². The maximum Gasteiger partial charge on any atom is 0.229 e.